The second kappa shape index (κ2) is 9.08. The van der Waals surface area contributed by atoms with Crippen LogP contribution in [0, 0.1) is 17.3 Å². The molecule has 1 aliphatic carbocycles. The molecule has 4 atom stereocenters. The van der Waals surface area contributed by atoms with E-state index < -0.39 is 17.1 Å². The van der Waals surface area contributed by atoms with Gasteiger partial charge in [-0.25, -0.2) is 0 Å². The second-order valence-electron chi connectivity index (χ2n) is 10.2. The molecule has 1 heterocycles. The van der Waals surface area contributed by atoms with E-state index in [2.05, 4.69) is 5.32 Å². The van der Waals surface area contributed by atoms with Crippen LogP contribution in [0.5, 0.6) is 0 Å². The fourth-order valence-corrected chi connectivity index (χ4v) is 5.18. The number of nitrogens with zero attached hydrogens (tertiary/aromatic N) is 1. The van der Waals surface area contributed by atoms with Crippen LogP contribution in [0.3, 0.4) is 0 Å². The molecule has 1 aromatic rings. The van der Waals surface area contributed by atoms with Crippen LogP contribution in [0.4, 0.5) is 0 Å². The van der Waals surface area contributed by atoms with E-state index in [4.69, 9.17) is 17.3 Å². The van der Waals surface area contributed by atoms with E-state index in [1.807, 2.05) is 39.8 Å². The standard InChI is InChI=1S/C24H36ClN3O3/c1-15(2)20(27-21(29)18-6-5-7-19(18)26)22(30)28-13-12-24(31,23(3,4)14-28)16-8-10-17(25)11-9-16/h8-11,15,18-20,31H,5-7,12-14,26H2,1-4H3,(H,27,29)/t18-,19-,20-,24+/m1/s1. The summed E-state index contributed by atoms with van der Waals surface area (Å²) in [6, 6.07) is 6.53. The van der Waals surface area contributed by atoms with Gasteiger partial charge in [-0.3, -0.25) is 9.59 Å². The van der Waals surface area contributed by atoms with E-state index in [1.165, 1.54) is 0 Å². The second-order valence-corrected chi connectivity index (χ2v) is 10.6. The predicted molar refractivity (Wildman–Crippen MR) is 122 cm³/mol. The maximum absolute atomic E-state index is 13.4. The van der Waals surface area contributed by atoms with Crippen molar-refractivity contribution in [2.75, 3.05) is 13.1 Å². The summed E-state index contributed by atoms with van der Waals surface area (Å²) < 4.78 is 0. The highest BCUT2D eigenvalue weighted by molar-refractivity contribution is 6.30. The first-order valence-corrected chi connectivity index (χ1v) is 11.7. The minimum Gasteiger partial charge on any atom is -0.384 e. The summed E-state index contributed by atoms with van der Waals surface area (Å²) in [5.41, 5.74) is 5.25. The molecule has 2 amide bonds. The van der Waals surface area contributed by atoms with E-state index in [1.54, 1.807) is 17.0 Å². The zero-order valence-corrected chi connectivity index (χ0v) is 19.8. The number of amides is 2. The lowest BCUT2D eigenvalue weighted by Crippen LogP contribution is -2.61. The third-order valence-corrected chi connectivity index (χ3v) is 7.47. The molecule has 3 rings (SSSR count). The first-order valence-electron chi connectivity index (χ1n) is 11.3. The molecular weight excluding hydrogens is 414 g/mol. The maximum atomic E-state index is 13.4. The van der Waals surface area contributed by atoms with Gasteiger partial charge in [-0.1, -0.05) is 57.8 Å². The van der Waals surface area contributed by atoms with Crippen LogP contribution in [0.25, 0.3) is 0 Å². The molecule has 2 fully saturated rings. The Morgan fingerprint density at radius 3 is 2.39 bits per heavy atom. The molecule has 0 aromatic heterocycles. The molecular formula is C24H36ClN3O3. The number of halogens is 1. The summed E-state index contributed by atoms with van der Waals surface area (Å²) in [6.45, 7) is 8.65. The smallest absolute Gasteiger partial charge is 0.245 e. The van der Waals surface area contributed by atoms with Gasteiger partial charge in [-0.2, -0.15) is 0 Å². The molecule has 31 heavy (non-hydrogen) atoms. The van der Waals surface area contributed by atoms with E-state index in [0.29, 0.717) is 24.5 Å². The van der Waals surface area contributed by atoms with Gasteiger partial charge in [-0.15, -0.1) is 0 Å². The Bertz CT molecular complexity index is 811. The maximum Gasteiger partial charge on any atom is 0.245 e. The van der Waals surface area contributed by atoms with E-state index in [9.17, 15) is 14.7 Å². The number of nitrogens with two attached hydrogens (primary N) is 1. The van der Waals surface area contributed by atoms with Crippen molar-refractivity contribution >= 4 is 23.4 Å². The molecule has 1 saturated carbocycles. The van der Waals surface area contributed by atoms with Crippen molar-refractivity contribution in [2.45, 2.75) is 71.1 Å². The molecule has 0 radical (unpaired) electrons. The Morgan fingerprint density at radius 1 is 1.23 bits per heavy atom. The zero-order chi connectivity index (χ0) is 23.0. The fraction of sp³-hybridized carbons (Fsp3) is 0.667. The summed E-state index contributed by atoms with van der Waals surface area (Å²) in [4.78, 5) is 28.0. The highest BCUT2D eigenvalue weighted by Crippen LogP contribution is 2.46. The third-order valence-electron chi connectivity index (χ3n) is 7.22. The van der Waals surface area contributed by atoms with E-state index in [-0.39, 0.29) is 29.7 Å². The first-order chi connectivity index (χ1) is 14.5. The van der Waals surface area contributed by atoms with Gasteiger partial charge in [0.25, 0.3) is 0 Å². The number of piperidine rings is 1. The van der Waals surface area contributed by atoms with Gasteiger partial charge in [0.1, 0.15) is 6.04 Å². The predicted octanol–water partition coefficient (Wildman–Crippen LogP) is 3.05. The average Bonchev–Trinajstić information content (AvgIpc) is 3.13. The molecule has 1 aromatic carbocycles. The number of aliphatic hydroxyl groups is 1. The Labute approximate surface area is 190 Å². The van der Waals surface area contributed by atoms with Crippen molar-refractivity contribution in [3.05, 3.63) is 34.9 Å². The van der Waals surface area contributed by atoms with E-state index >= 15 is 0 Å². The molecule has 1 aliphatic heterocycles. The van der Waals surface area contributed by atoms with Crippen LogP contribution >= 0.6 is 11.6 Å². The molecule has 172 valence electrons. The molecule has 1 saturated heterocycles. The van der Waals surface area contributed by atoms with Gasteiger partial charge in [0.15, 0.2) is 0 Å². The molecule has 6 nitrogen and oxygen atoms in total. The summed E-state index contributed by atoms with van der Waals surface area (Å²) in [7, 11) is 0. The number of carbonyl (C=O) groups is 2. The summed E-state index contributed by atoms with van der Waals surface area (Å²) in [5, 5.41) is 15.2. The number of rotatable bonds is 5. The Hall–Kier alpha value is -1.63. The van der Waals surface area contributed by atoms with Crippen LogP contribution in [0.1, 0.15) is 58.9 Å². The summed E-state index contributed by atoms with van der Waals surface area (Å²) >= 11 is 6.02. The number of hydrogen-bond acceptors (Lipinski definition) is 4. The molecule has 0 bridgehead atoms. The quantitative estimate of drug-likeness (QED) is 0.643. The minimum absolute atomic E-state index is 0.0470. The SMILES string of the molecule is CC(C)[C@@H](NC(=O)[C@@H]1CCC[C@H]1N)C(=O)N1CC[C@](O)(c2ccc(Cl)cc2)C(C)(C)C1. The summed E-state index contributed by atoms with van der Waals surface area (Å²) in [6.07, 6.45) is 2.99. The van der Waals surface area contributed by atoms with Crippen LogP contribution in [-0.2, 0) is 15.2 Å². The van der Waals surface area contributed by atoms with Gasteiger partial charge in [0, 0.05) is 29.6 Å². The molecule has 7 heteroatoms. The zero-order valence-electron chi connectivity index (χ0n) is 19.0. The van der Waals surface area contributed by atoms with Crippen molar-refractivity contribution in [3.63, 3.8) is 0 Å². The number of hydrogen-bond donors (Lipinski definition) is 3. The average molecular weight is 450 g/mol. The Balaban J connectivity index is 1.74. The Morgan fingerprint density at radius 2 is 1.87 bits per heavy atom. The van der Waals surface area contributed by atoms with Gasteiger partial charge in [0.2, 0.25) is 11.8 Å². The van der Waals surface area contributed by atoms with Crippen molar-refractivity contribution in [1.82, 2.24) is 10.2 Å². The molecule has 4 N–H and O–H groups in total. The van der Waals surface area contributed by atoms with Crippen molar-refractivity contribution < 1.29 is 14.7 Å². The van der Waals surface area contributed by atoms with Gasteiger partial charge in [0.05, 0.1) is 11.5 Å². The minimum atomic E-state index is -1.07. The van der Waals surface area contributed by atoms with Crippen LogP contribution in [-0.4, -0.2) is 47.0 Å². The highest BCUT2D eigenvalue weighted by Gasteiger charge is 2.50. The van der Waals surface area contributed by atoms with Gasteiger partial charge < -0.3 is 21.1 Å². The largest absolute Gasteiger partial charge is 0.384 e. The number of nitrogens with one attached hydrogen (secondary N) is 1. The van der Waals surface area contributed by atoms with Crippen LogP contribution in [0.15, 0.2) is 24.3 Å². The monoisotopic (exact) mass is 449 g/mol. The first kappa shape index (κ1) is 24.0. The lowest BCUT2D eigenvalue weighted by molar-refractivity contribution is -0.157. The topological polar surface area (TPSA) is 95.7 Å². The Kier molecular flexibility index (Phi) is 7.04. The normalized spacial score (nSPS) is 29.1. The van der Waals surface area contributed by atoms with Crippen molar-refractivity contribution in [3.8, 4) is 0 Å². The van der Waals surface area contributed by atoms with E-state index in [0.717, 1.165) is 24.8 Å². The van der Waals surface area contributed by atoms with Crippen molar-refractivity contribution in [2.24, 2.45) is 23.0 Å². The number of carbonyl (C=O) groups excluding carboxylic acids is 2. The molecule has 2 aliphatic rings. The summed E-state index contributed by atoms with van der Waals surface area (Å²) in [5.74, 6) is -0.483. The third kappa shape index (κ3) is 4.76. The van der Waals surface area contributed by atoms with Crippen LogP contribution in [0.2, 0.25) is 5.02 Å². The number of benzene rings is 1. The lowest BCUT2D eigenvalue weighted by atomic mass is 9.66. The highest BCUT2D eigenvalue weighted by atomic mass is 35.5. The molecule has 0 spiro atoms. The fourth-order valence-electron chi connectivity index (χ4n) is 5.06. The molecule has 0 unspecified atom stereocenters. The van der Waals surface area contributed by atoms with Gasteiger partial charge >= 0.3 is 0 Å². The van der Waals surface area contributed by atoms with Crippen molar-refractivity contribution in [1.29, 1.82) is 0 Å². The lowest BCUT2D eigenvalue weighted by Gasteiger charge is -2.51. The van der Waals surface area contributed by atoms with Crippen LogP contribution < -0.4 is 11.1 Å². The number of likely N-dealkylation sites (tertiary alicyclic amines) is 1. The van der Waals surface area contributed by atoms with Gasteiger partial charge in [-0.05, 0) is 42.9 Å².